The maximum atomic E-state index is 10.1. The maximum Gasteiger partial charge on any atom is 0.0943 e. The summed E-state index contributed by atoms with van der Waals surface area (Å²) in [4.78, 5) is 0. The van der Waals surface area contributed by atoms with Gasteiger partial charge in [-0.2, -0.15) is 0 Å². The molecule has 1 atom stereocenters. The summed E-state index contributed by atoms with van der Waals surface area (Å²) in [7, 11) is 0. The van der Waals surface area contributed by atoms with E-state index in [4.69, 9.17) is 23.2 Å². The standard InChI is InChI=1S/C13H17Cl2NO/c14-10-6-3-7-11(15)13(10)12(17)8-16-9-4-1-2-5-9/h3,6-7,9,12,16-17H,1-2,4-5,8H2. The topological polar surface area (TPSA) is 32.3 Å². The molecule has 2 nitrogen and oxygen atoms in total. The zero-order chi connectivity index (χ0) is 12.3. The predicted molar refractivity (Wildman–Crippen MR) is 71.7 cm³/mol. The van der Waals surface area contributed by atoms with E-state index in [1.807, 2.05) is 0 Å². The summed E-state index contributed by atoms with van der Waals surface area (Å²) in [5.74, 6) is 0. The van der Waals surface area contributed by atoms with E-state index in [1.165, 1.54) is 25.7 Å². The average molecular weight is 274 g/mol. The Kier molecular flexibility index (Phi) is 4.69. The number of aliphatic hydroxyl groups excluding tert-OH is 1. The summed E-state index contributed by atoms with van der Waals surface area (Å²) >= 11 is 12.1. The molecule has 0 aromatic heterocycles. The van der Waals surface area contributed by atoms with Crippen LogP contribution in [-0.4, -0.2) is 17.7 Å². The Morgan fingerprint density at radius 1 is 1.24 bits per heavy atom. The molecular weight excluding hydrogens is 257 g/mol. The van der Waals surface area contributed by atoms with Crippen LogP contribution in [-0.2, 0) is 0 Å². The van der Waals surface area contributed by atoms with Gasteiger partial charge in [0.25, 0.3) is 0 Å². The van der Waals surface area contributed by atoms with Crippen molar-refractivity contribution < 1.29 is 5.11 Å². The van der Waals surface area contributed by atoms with Gasteiger partial charge in [0.2, 0.25) is 0 Å². The molecule has 4 heteroatoms. The van der Waals surface area contributed by atoms with Gasteiger partial charge in [-0.05, 0) is 25.0 Å². The second-order valence-electron chi connectivity index (χ2n) is 4.54. The Bertz CT molecular complexity index is 357. The van der Waals surface area contributed by atoms with E-state index >= 15 is 0 Å². The van der Waals surface area contributed by atoms with Crippen LogP contribution >= 0.6 is 23.2 Å². The summed E-state index contributed by atoms with van der Waals surface area (Å²) in [5, 5.41) is 14.5. The van der Waals surface area contributed by atoms with E-state index in [2.05, 4.69) is 5.32 Å². The number of halogens is 2. The van der Waals surface area contributed by atoms with Crippen LogP contribution in [0.3, 0.4) is 0 Å². The van der Waals surface area contributed by atoms with Crippen LogP contribution in [0.5, 0.6) is 0 Å². The fourth-order valence-electron chi connectivity index (χ4n) is 2.34. The SMILES string of the molecule is OC(CNC1CCCC1)c1c(Cl)cccc1Cl. The van der Waals surface area contributed by atoms with Crippen molar-refractivity contribution in [2.75, 3.05) is 6.54 Å². The predicted octanol–water partition coefficient (Wildman–Crippen LogP) is 3.56. The number of aliphatic hydroxyl groups is 1. The summed E-state index contributed by atoms with van der Waals surface area (Å²) in [6.45, 7) is 0.508. The molecule has 0 spiro atoms. The van der Waals surface area contributed by atoms with E-state index in [9.17, 15) is 5.11 Å². The number of hydrogen-bond donors (Lipinski definition) is 2. The molecule has 2 N–H and O–H groups in total. The molecule has 0 amide bonds. The van der Waals surface area contributed by atoms with Crippen molar-refractivity contribution in [3.05, 3.63) is 33.8 Å². The molecule has 1 aliphatic carbocycles. The van der Waals surface area contributed by atoms with Crippen LogP contribution in [0.2, 0.25) is 10.0 Å². The Morgan fingerprint density at radius 2 is 1.82 bits per heavy atom. The number of rotatable bonds is 4. The molecule has 0 bridgehead atoms. The van der Waals surface area contributed by atoms with Crippen LogP contribution in [0.15, 0.2) is 18.2 Å². The summed E-state index contributed by atoms with van der Waals surface area (Å²) in [6.07, 6.45) is 4.31. The third-order valence-corrected chi connectivity index (χ3v) is 3.95. The van der Waals surface area contributed by atoms with Crippen molar-refractivity contribution in [3.8, 4) is 0 Å². The smallest absolute Gasteiger partial charge is 0.0943 e. The van der Waals surface area contributed by atoms with Gasteiger partial charge in [0.1, 0.15) is 0 Å². The third-order valence-electron chi connectivity index (χ3n) is 3.29. The van der Waals surface area contributed by atoms with E-state index in [1.54, 1.807) is 18.2 Å². The third kappa shape index (κ3) is 3.35. The molecule has 0 heterocycles. The number of benzene rings is 1. The first-order chi connectivity index (χ1) is 8.18. The monoisotopic (exact) mass is 273 g/mol. The molecule has 1 unspecified atom stereocenters. The van der Waals surface area contributed by atoms with E-state index in [0.717, 1.165) is 0 Å². The number of hydrogen-bond acceptors (Lipinski definition) is 2. The molecule has 17 heavy (non-hydrogen) atoms. The molecular formula is C13H17Cl2NO. The Labute approximate surface area is 112 Å². The van der Waals surface area contributed by atoms with Gasteiger partial charge in [-0.25, -0.2) is 0 Å². The summed E-state index contributed by atoms with van der Waals surface area (Å²) in [6, 6.07) is 5.82. The van der Waals surface area contributed by atoms with E-state index < -0.39 is 6.10 Å². The highest BCUT2D eigenvalue weighted by Gasteiger charge is 2.19. The van der Waals surface area contributed by atoms with Gasteiger partial charge in [0.15, 0.2) is 0 Å². The van der Waals surface area contributed by atoms with E-state index in [-0.39, 0.29) is 0 Å². The van der Waals surface area contributed by atoms with Crippen molar-refractivity contribution in [1.29, 1.82) is 0 Å². The van der Waals surface area contributed by atoms with Gasteiger partial charge in [0.05, 0.1) is 6.10 Å². The highest BCUT2D eigenvalue weighted by Crippen LogP contribution is 2.30. The second kappa shape index (κ2) is 6.05. The lowest BCUT2D eigenvalue weighted by Gasteiger charge is -2.18. The second-order valence-corrected chi connectivity index (χ2v) is 5.36. The van der Waals surface area contributed by atoms with Crippen molar-refractivity contribution in [2.45, 2.75) is 37.8 Å². The lowest BCUT2D eigenvalue weighted by atomic mass is 10.1. The lowest BCUT2D eigenvalue weighted by molar-refractivity contribution is 0.170. The molecule has 1 aromatic carbocycles. The largest absolute Gasteiger partial charge is 0.387 e. The Morgan fingerprint density at radius 3 is 2.41 bits per heavy atom. The van der Waals surface area contributed by atoms with Crippen molar-refractivity contribution >= 4 is 23.2 Å². The normalized spacial score (nSPS) is 18.5. The van der Waals surface area contributed by atoms with Gasteiger partial charge in [0, 0.05) is 28.2 Å². The van der Waals surface area contributed by atoms with Gasteiger partial charge < -0.3 is 10.4 Å². The van der Waals surface area contributed by atoms with Crippen molar-refractivity contribution in [1.82, 2.24) is 5.32 Å². The quantitative estimate of drug-likeness (QED) is 0.879. The van der Waals surface area contributed by atoms with Gasteiger partial charge in [-0.15, -0.1) is 0 Å². The van der Waals surface area contributed by atoms with Crippen LogP contribution < -0.4 is 5.32 Å². The molecule has 2 rings (SSSR count). The molecule has 1 aromatic rings. The summed E-state index contributed by atoms with van der Waals surface area (Å²) < 4.78 is 0. The van der Waals surface area contributed by atoms with Crippen LogP contribution in [0.4, 0.5) is 0 Å². The molecule has 94 valence electrons. The zero-order valence-corrected chi connectivity index (χ0v) is 11.1. The average Bonchev–Trinajstić information content (AvgIpc) is 2.79. The minimum absolute atomic E-state index is 0.508. The molecule has 0 saturated heterocycles. The highest BCUT2D eigenvalue weighted by atomic mass is 35.5. The molecule has 1 saturated carbocycles. The minimum Gasteiger partial charge on any atom is -0.387 e. The first-order valence-electron chi connectivity index (χ1n) is 6.04. The molecule has 1 fully saturated rings. The first kappa shape index (κ1) is 13.2. The minimum atomic E-state index is -0.642. The maximum absolute atomic E-state index is 10.1. The Balaban J connectivity index is 1.96. The van der Waals surface area contributed by atoms with Gasteiger partial charge in [-0.3, -0.25) is 0 Å². The molecule has 0 aliphatic heterocycles. The lowest BCUT2D eigenvalue weighted by Crippen LogP contribution is -2.30. The zero-order valence-electron chi connectivity index (χ0n) is 9.63. The van der Waals surface area contributed by atoms with Crippen LogP contribution in [0.25, 0.3) is 0 Å². The summed E-state index contributed by atoms with van der Waals surface area (Å²) in [5.41, 5.74) is 0.626. The fraction of sp³-hybridized carbons (Fsp3) is 0.538. The first-order valence-corrected chi connectivity index (χ1v) is 6.79. The van der Waals surface area contributed by atoms with E-state index in [0.29, 0.717) is 28.2 Å². The van der Waals surface area contributed by atoms with Gasteiger partial charge in [-0.1, -0.05) is 42.1 Å². The van der Waals surface area contributed by atoms with Crippen LogP contribution in [0, 0.1) is 0 Å². The Hall–Kier alpha value is -0.280. The number of nitrogens with one attached hydrogen (secondary N) is 1. The van der Waals surface area contributed by atoms with Crippen molar-refractivity contribution in [2.24, 2.45) is 0 Å². The van der Waals surface area contributed by atoms with Gasteiger partial charge >= 0.3 is 0 Å². The van der Waals surface area contributed by atoms with Crippen LogP contribution in [0.1, 0.15) is 37.4 Å². The fourth-order valence-corrected chi connectivity index (χ4v) is 2.99. The molecule has 0 radical (unpaired) electrons. The van der Waals surface area contributed by atoms with Crippen molar-refractivity contribution in [3.63, 3.8) is 0 Å². The molecule has 1 aliphatic rings. The highest BCUT2D eigenvalue weighted by molar-refractivity contribution is 6.36.